The Hall–Kier alpha value is -0.240. The first-order valence-electron chi connectivity index (χ1n) is 4.65. The molecule has 1 saturated heterocycles. The van der Waals surface area contributed by atoms with E-state index in [2.05, 4.69) is 5.32 Å². The van der Waals surface area contributed by atoms with Gasteiger partial charge in [0.2, 0.25) is 0 Å². The predicted molar refractivity (Wildman–Crippen MR) is 47.4 cm³/mol. The van der Waals surface area contributed by atoms with Gasteiger partial charge >= 0.3 is 0 Å². The monoisotopic (exact) mass is 207 g/mol. The minimum absolute atomic E-state index is 0.381. The number of hydrogen-bond donors (Lipinski definition) is 5. The Morgan fingerprint density at radius 1 is 1.36 bits per heavy atom. The lowest BCUT2D eigenvalue weighted by atomic mass is 10.1. The van der Waals surface area contributed by atoms with Crippen LogP contribution in [0.15, 0.2) is 0 Å². The van der Waals surface area contributed by atoms with E-state index in [4.69, 9.17) is 9.84 Å². The van der Waals surface area contributed by atoms with Crippen molar-refractivity contribution in [3.05, 3.63) is 0 Å². The maximum atomic E-state index is 9.47. The van der Waals surface area contributed by atoms with Gasteiger partial charge in [0.15, 0.2) is 0 Å². The molecule has 1 unspecified atom stereocenters. The summed E-state index contributed by atoms with van der Waals surface area (Å²) < 4.78 is 5.09. The van der Waals surface area contributed by atoms with Crippen molar-refractivity contribution in [1.82, 2.24) is 5.32 Å². The zero-order valence-corrected chi connectivity index (χ0v) is 8.00. The molecule has 1 aliphatic heterocycles. The van der Waals surface area contributed by atoms with E-state index >= 15 is 0 Å². The van der Waals surface area contributed by atoms with Crippen LogP contribution in [0.4, 0.5) is 0 Å². The molecule has 0 bridgehead atoms. The van der Waals surface area contributed by atoms with Gasteiger partial charge in [0.25, 0.3) is 0 Å². The highest BCUT2D eigenvalue weighted by Gasteiger charge is 2.45. The number of nitrogens with one attached hydrogen (secondary N) is 1. The summed E-state index contributed by atoms with van der Waals surface area (Å²) in [5.74, 6) is 0. The SMILES string of the molecule is CCNC(O)[C@H]1O[C@H](CO)[C@@H](O)[C@@H]1O. The highest BCUT2D eigenvalue weighted by atomic mass is 16.6. The third-order valence-corrected chi connectivity index (χ3v) is 2.30. The van der Waals surface area contributed by atoms with Crippen molar-refractivity contribution < 1.29 is 25.2 Å². The summed E-state index contributed by atoms with van der Waals surface area (Å²) in [5, 5.41) is 39.7. The molecule has 0 saturated carbocycles. The van der Waals surface area contributed by atoms with E-state index in [-0.39, 0.29) is 6.61 Å². The zero-order valence-electron chi connectivity index (χ0n) is 8.00. The molecule has 5 N–H and O–H groups in total. The highest BCUT2D eigenvalue weighted by Crippen LogP contribution is 2.22. The Kier molecular flexibility index (Phi) is 4.24. The molecular formula is C8H17NO5. The van der Waals surface area contributed by atoms with E-state index < -0.39 is 30.6 Å². The largest absolute Gasteiger partial charge is 0.394 e. The van der Waals surface area contributed by atoms with Crippen molar-refractivity contribution in [3.63, 3.8) is 0 Å². The standard InChI is InChI=1S/C8H17NO5/c1-2-9-8(13)7-6(12)5(11)4(3-10)14-7/h4-13H,2-3H2,1H3/t4-,5-,6+,7+,8?/m1/s1. The summed E-state index contributed by atoms with van der Waals surface area (Å²) in [6.07, 6.45) is -5.11. The molecule has 0 amide bonds. The Bertz CT molecular complexity index is 179. The molecule has 0 aromatic carbocycles. The number of aliphatic hydroxyl groups is 4. The Morgan fingerprint density at radius 3 is 2.43 bits per heavy atom. The molecule has 5 atom stereocenters. The van der Waals surface area contributed by atoms with Crippen LogP contribution in [0.5, 0.6) is 0 Å². The molecular weight excluding hydrogens is 190 g/mol. The van der Waals surface area contributed by atoms with Gasteiger partial charge in [-0.3, -0.25) is 5.32 Å². The smallest absolute Gasteiger partial charge is 0.134 e. The van der Waals surface area contributed by atoms with E-state index in [1.165, 1.54) is 0 Å². The molecule has 0 radical (unpaired) electrons. The van der Waals surface area contributed by atoms with Gasteiger partial charge in [-0.15, -0.1) is 0 Å². The lowest BCUT2D eigenvalue weighted by Crippen LogP contribution is -2.46. The number of ether oxygens (including phenoxy) is 1. The van der Waals surface area contributed by atoms with Gasteiger partial charge in [-0.25, -0.2) is 0 Å². The fraction of sp³-hybridized carbons (Fsp3) is 1.00. The average molecular weight is 207 g/mol. The molecule has 6 heteroatoms. The van der Waals surface area contributed by atoms with Gasteiger partial charge in [-0.2, -0.15) is 0 Å². The van der Waals surface area contributed by atoms with Gasteiger partial charge in [0.1, 0.15) is 30.6 Å². The fourth-order valence-electron chi connectivity index (χ4n) is 1.51. The molecule has 0 aromatic rings. The van der Waals surface area contributed by atoms with Gasteiger partial charge in [0, 0.05) is 0 Å². The first-order valence-corrected chi connectivity index (χ1v) is 4.65. The van der Waals surface area contributed by atoms with Crippen LogP contribution >= 0.6 is 0 Å². The molecule has 1 heterocycles. The molecule has 14 heavy (non-hydrogen) atoms. The minimum atomic E-state index is -1.18. The van der Waals surface area contributed by atoms with Gasteiger partial charge in [-0.1, -0.05) is 6.92 Å². The number of aliphatic hydroxyl groups excluding tert-OH is 4. The lowest BCUT2D eigenvalue weighted by molar-refractivity contribution is -0.0845. The van der Waals surface area contributed by atoms with E-state index in [1.54, 1.807) is 6.92 Å². The van der Waals surface area contributed by atoms with E-state index in [1.807, 2.05) is 0 Å². The van der Waals surface area contributed by atoms with E-state index in [0.29, 0.717) is 6.54 Å². The maximum Gasteiger partial charge on any atom is 0.134 e. The van der Waals surface area contributed by atoms with Crippen molar-refractivity contribution in [2.45, 2.75) is 37.6 Å². The molecule has 1 aliphatic rings. The normalized spacial score (nSPS) is 40.1. The van der Waals surface area contributed by atoms with Crippen molar-refractivity contribution in [2.24, 2.45) is 0 Å². The average Bonchev–Trinajstić information content (AvgIpc) is 2.44. The summed E-state index contributed by atoms with van der Waals surface area (Å²) in [6.45, 7) is 1.94. The Balaban J connectivity index is 2.55. The zero-order chi connectivity index (χ0) is 10.7. The van der Waals surface area contributed by atoms with Crippen LogP contribution in [0.1, 0.15) is 6.92 Å². The van der Waals surface area contributed by atoms with Crippen molar-refractivity contribution in [3.8, 4) is 0 Å². The molecule has 0 aromatic heterocycles. The second-order valence-electron chi connectivity index (χ2n) is 3.31. The summed E-state index contributed by atoms with van der Waals surface area (Å²) in [5.41, 5.74) is 0. The van der Waals surface area contributed by atoms with Crippen molar-refractivity contribution in [1.29, 1.82) is 0 Å². The van der Waals surface area contributed by atoms with E-state index in [0.717, 1.165) is 0 Å². The number of hydrogen-bond acceptors (Lipinski definition) is 6. The quantitative estimate of drug-likeness (QED) is 0.324. The second kappa shape index (κ2) is 5.01. The Morgan fingerprint density at radius 2 is 2.00 bits per heavy atom. The molecule has 1 rings (SSSR count). The van der Waals surface area contributed by atoms with Crippen LogP contribution in [0.25, 0.3) is 0 Å². The molecule has 6 nitrogen and oxygen atoms in total. The van der Waals surface area contributed by atoms with Gasteiger partial charge in [-0.05, 0) is 6.54 Å². The molecule has 0 aliphatic carbocycles. The number of rotatable bonds is 4. The maximum absolute atomic E-state index is 9.47. The Labute approximate surface area is 82.1 Å². The molecule has 0 spiro atoms. The molecule has 1 fully saturated rings. The first kappa shape index (κ1) is 11.8. The summed E-state index contributed by atoms with van der Waals surface area (Å²) in [4.78, 5) is 0. The van der Waals surface area contributed by atoms with Gasteiger partial charge in [0.05, 0.1) is 6.61 Å². The van der Waals surface area contributed by atoms with Gasteiger partial charge < -0.3 is 25.2 Å². The van der Waals surface area contributed by atoms with Crippen LogP contribution in [0, 0.1) is 0 Å². The fourth-order valence-corrected chi connectivity index (χ4v) is 1.51. The third-order valence-electron chi connectivity index (χ3n) is 2.30. The lowest BCUT2D eigenvalue weighted by Gasteiger charge is -2.21. The second-order valence-corrected chi connectivity index (χ2v) is 3.31. The minimum Gasteiger partial charge on any atom is -0.394 e. The van der Waals surface area contributed by atoms with Crippen LogP contribution in [-0.4, -0.2) is 64.2 Å². The first-order chi connectivity index (χ1) is 6.61. The predicted octanol–water partition coefficient (Wildman–Crippen LogP) is -2.60. The van der Waals surface area contributed by atoms with Crippen LogP contribution in [0.2, 0.25) is 0 Å². The summed E-state index contributed by atoms with van der Waals surface area (Å²) in [6, 6.07) is 0. The number of likely N-dealkylation sites (N-methyl/N-ethyl adjacent to an activating group) is 1. The molecule has 84 valence electrons. The third kappa shape index (κ3) is 2.22. The van der Waals surface area contributed by atoms with Crippen LogP contribution in [-0.2, 0) is 4.74 Å². The summed E-state index contributed by atoms with van der Waals surface area (Å²) in [7, 11) is 0. The van der Waals surface area contributed by atoms with Crippen LogP contribution < -0.4 is 5.32 Å². The van der Waals surface area contributed by atoms with Crippen LogP contribution in [0.3, 0.4) is 0 Å². The summed E-state index contributed by atoms with van der Waals surface area (Å²) >= 11 is 0. The van der Waals surface area contributed by atoms with E-state index in [9.17, 15) is 15.3 Å². The van der Waals surface area contributed by atoms with Crippen molar-refractivity contribution >= 4 is 0 Å². The topological polar surface area (TPSA) is 102 Å². The van der Waals surface area contributed by atoms with Crippen molar-refractivity contribution in [2.75, 3.05) is 13.2 Å². The highest BCUT2D eigenvalue weighted by molar-refractivity contribution is 4.92.